The maximum Gasteiger partial charge on any atom is 0.253 e. The van der Waals surface area contributed by atoms with Crippen LogP contribution in [0.3, 0.4) is 0 Å². The monoisotopic (exact) mass is 356 g/mol. The van der Waals surface area contributed by atoms with Crippen LogP contribution in [0.15, 0.2) is 18.2 Å². The summed E-state index contributed by atoms with van der Waals surface area (Å²) < 4.78 is 6.18. The maximum atomic E-state index is 12.9. The van der Waals surface area contributed by atoms with E-state index in [2.05, 4.69) is 11.8 Å². The summed E-state index contributed by atoms with van der Waals surface area (Å²) in [5, 5.41) is 0. The van der Waals surface area contributed by atoms with Crippen LogP contribution in [0.5, 0.6) is 0 Å². The van der Waals surface area contributed by atoms with Gasteiger partial charge in [0.15, 0.2) is 0 Å². The summed E-state index contributed by atoms with van der Waals surface area (Å²) in [6.45, 7) is 7.03. The average molecular weight is 356 g/mol. The lowest BCUT2D eigenvalue weighted by molar-refractivity contribution is -0.137. The number of hydrogen-bond donors (Lipinski definition) is 0. The molecule has 3 aliphatic heterocycles. The molecular weight excluding hydrogens is 328 g/mol. The SMILES string of the molecule is Cc1ccc(C(=O)N2CC[C@@]3(C[C@@H](N4CCCC4=O)CCO3)C2)cc1C. The molecule has 1 aromatic carbocycles. The molecule has 0 saturated carbocycles. The van der Waals surface area contributed by atoms with Crippen molar-refractivity contribution in [2.75, 3.05) is 26.2 Å². The van der Waals surface area contributed by atoms with Crippen molar-refractivity contribution in [1.82, 2.24) is 9.80 Å². The molecule has 1 spiro atoms. The van der Waals surface area contributed by atoms with Crippen LogP contribution in [-0.4, -0.2) is 59.5 Å². The molecule has 3 saturated heterocycles. The Kier molecular flexibility index (Phi) is 4.51. The molecule has 3 fully saturated rings. The number of carbonyl (C=O) groups is 2. The van der Waals surface area contributed by atoms with E-state index in [-0.39, 0.29) is 23.5 Å². The molecule has 3 heterocycles. The van der Waals surface area contributed by atoms with E-state index in [1.54, 1.807) is 0 Å². The fourth-order valence-electron chi connectivity index (χ4n) is 4.68. The highest BCUT2D eigenvalue weighted by atomic mass is 16.5. The van der Waals surface area contributed by atoms with Crippen LogP contribution in [0.25, 0.3) is 0 Å². The molecule has 0 N–H and O–H groups in total. The van der Waals surface area contributed by atoms with Gasteiger partial charge in [0.2, 0.25) is 5.91 Å². The molecule has 26 heavy (non-hydrogen) atoms. The van der Waals surface area contributed by atoms with Crippen LogP contribution in [-0.2, 0) is 9.53 Å². The van der Waals surface area contributed by atoms with Gasteiger partial charge in [0.1, 0.15) is 0 Å². The van der Waals surface area contributed by atoms with Crippen molar-refractivity contribution in [2.24, 2.45) is 0 Å². The van der Waals surface area contributed by atoms with Gasteiger partial charge >= 0.3 is 0 Å². The Hall–Kier alpha value is -1.88. The number of nitrogens with zero attached hydrogens (tertiary/aromatic N) is 2. The topological polar surface area (TPSA) is 49.9 Å². The van der Waals surface area contributed by atoms with E-state index >= 15 is 0 Å². The summed E-state index contributed by atoms with van der Waals surface area (Å²) in [4.78, 5) is 29.0. The Bertz CT molecular complexity index is 732. The molecule has 5 heteroatoms. The van der Waals surface area contributed by atoms with Gasteiger partial charge in [0.05, 0.1) is 12.1 Å². The lowest BCUT2D eigenvalue weighted by Crippen LogP contribution is -2.50. The molecule has 0 unspecified atom stereocenters. The predicted molar refractivity (Wildman–Crippen MR) is 99.1 cm³/mol. The summed E-state index contributed by atoms with van der Waals surface area (Å²) in [5.41, 5.74) is 2.83. The second-order valence-electron chi connectivity index (χ2n) is 8.14. The molecule has 3 aliphatic rings. The first-order valence-electron chi connectivity index (χ1n) is 9.77. The summed E-state index contributed by atoms with van der Waals surface area (Å²) in [7, 11) is 0. The van der Waals surface area contributed by atoms with Crippen molar-refractivity contribution in [3.05, 3.63) is 34.9 Å². The van der Waals surface area contributed by atoms with Crippen LogP contribution in [0.4, 0.5) is 0 Å². The third-order valence-corrected chi connectivity index (χ3v) is 6.38. The lowest BCUT2D eigenvalue weighted by atomic mass is 9.89. The number of amides is 2. The predicted octanol–water partition coefficient (Wildman–Crippen LogP) is 2.69. The Morgan fingerprint density at radius 2 is 2.08 bits per heavy atom. The molecule has 5 nitrogen and oxygen atoms in total. The van der Waals surface area contributed by atoms with E-state index < -0.39 is 0 Å². The minimum atomic E-state index is -0.277. The number of hydrogen-bond acceptors (Lipinski definition) is 3. The van der Waals surface area contributed by atoms with Crippen LogP contribution < -0.4 is 0 Å². The first kappa shape index (κ1) is 17.5. The van der Waals surface area contributed by atoms with E-state index in [1.807, 2.05) is 30.0 Å². The molecule has 2 amide bonds. The minimum absolute atomic E-state index is 0.0907. The number of benzene rings is 1. The maximum absolute atomic E-state index is 12.9. The Balaban J connectivity index is 1.45. The van der Waals surface area contributed by atoms with Gasteiger partial charge in [0, 0.05) is 37.7 Å². The first-order valence-corrected chi connectivity index (χ1v) is 9.77. The third kappa shape index (κ3) is 3.13. The zero-order chi connectivity index (χ0) is 18.3. The van der Waals surface area contributed by atoms with Crippen molar-refractivity contribution in [3.8, 4) is 0 Å². The molecule has 1 aromatic rings. The summed E-state index contributed by atoms with van der Waals surface area (Å²) in [5.74, 6) is 0.376. The van der Waals surface area contributed by atoms with E-state index in [0.29, 0.717) is 19.6 Å². The van der Waals surface area contributed by atoms with Gasteiger partial charge in [-0.25, -0.2) is 0 Å². The van der Waals surface area contributed by atoms with E-state index in [1.165, 1.54) is 5.56 Å². The standard InChI is InChI=1S/C21H28N2O3/c1-15-5-6-17(12-16(15)2)20(25)22-10-8-21(14-22)13-18(7-11-26-21)23-9-3-4-19(23)24/h5-6,12,18H,3-4,7-11,13-14H2,1-2H3/t18-,21+/m0/s1. The second-order valence-corrected chi connectivity index (χ2v) is 8.14. The molecule has 0 bridgehead atoms. The van der Waals surface area contributed by atoms with Crippen molar-refractivity contribution < 1.29 is 14.3 Å². The van der Waals surface area contributed by atoms with Gasteiger partial charge in [-0.1, -0.05) is 6.07 Å². The van der Waals surface area contributed by atoms with Gasteiger partial charge in [-0.3, -0.25) is 9.59 Å². The van der Waals surface area contributed by atoms with E-state index in [9.17, 15) is 9.59 Å². The highest BCUT2D eigenvalue weighted by molar-refractivity contribution is 5.94. The highest BCUT2D eigenvalue weighted by Crippen LogP contribution is 2.37. The lowest BCUT2D eigenvalue weighted by Gasteiger charge is -2.41. The number of aryl methyl sites for hydroxylation is 2. The van der Waals surface area contributed by atoms with Crippen molar-refractivity contribution >= 4 is 11.8 Å². The van der Waals surface area contributed by atoms with Gasteiger partial charge in [-0.05, 0) is 62.8 Å². The molecular formula is C21H28N2O3. The van der Waals surface area contributed by atoms with Crippen molar-refractivity contribution in [3.63, 3.8) is 0 Å². The molecule has 0 aromatic heterocycles. The van der Waals surface area contributed by atoms with E-state index in [4.69, 9.17) is 4.74 Å². The van der Waals surface area contributed by atoms with Crippen LogP contribution in [0.1, 0.15) is 53.6 Å². The first-order chi connectivity index (χ1) is 12.5. The fraction of sp³-hybridized carbons (Fsp3) is 0.619. The van der Waals surface area contributed by atoms with E-state index in [0.717, 1.165) is 49.9 Å². The normalized spacial score (nSPS) is 29.0. The molecule has 0 radical (unpaired) electrons. The zero-order valence-corrected chi connectivity index (χ0v) is 15.8. The largest absolute Gasteiger partial charge is 0.373 e. The number of rotatable bonds is 2. The van der Waals surface area contributed by atoms with Gasteiger partial charge < -0.3 is 14.5 Å². The van der Waals surface area contributed by atoms with Crippen LogP contribution in [0.2, 0.25) is 0 Å². The number of ether oxygens (including phenoxy) is 1. The van der Waals surface area contributed by atoms with Crippen molar-refractivity contribution in [2.45, 2.75) is 57.6 Å². The van der Waals surface area contributed by atoms with Crippen molar-refractivity contribution in [1.29, 1.82) is 0 Å². The number of carbonyl (C=O) groups excluding carboxylic acids is 2. The quantitative estimate of drug-likeness (QED) is 0.819. The van der Waals surface area contributed by atoms with Gasteiger partial charge in [-0.15, -0.1) is 0 Å². The zero-order valence-electron chi connectivity index (χ0n) is 15.8. The Morgan fingerprint density at radius 1 is 1.23 bits per heavy atom. The summed E-state index contributed by atoms with van der Waals surface area (Å²) >= 11 is 0. The number of likely N-dealkylation sites (tertiary alicyclic amines) is 2. The summed E-state index contributed by atoms with van der Waals surface area (Å²) in [6.07, 6.45) is 4.29. The van der Waals surface area contributed by atoms with Crippen LogP contribution >= 0.6 is 0 Å². The second kappa shape index (κ2) is 6.69. The molecule has 0 aliphatic carbocycles. The average Bonchev–Trinajstić information content (AvgIpc) is 3.23. The molecule has 4 rings (SSSR count). The van der Waals surface area contributed by atoms with Gasteiger partial charge in [0.25, 0.3) is 5.91 Å². The Labute approximate surface area is 155 Å². The highest BCUT2D eigenvalue weighted by Gasteiger charge is 2.46. The minimum Gasteiger partial charge on any atom is -0.373 e. The van der Waals surface area contributed by atoms with Gasteiger partial charge in [-0.2, -0.15) is 0 Å². The molecule has 2 atom stereocenters. The smallest absolute Gasteiger partial charge is 0.253 e. The van der Waals surface area contributed by atoms with Crippen LogP contribution in [0, 0.1) is 13.8 Å². The fourth-order valence-corrected chi connectivity index (χ4v) is 4.68. The summed E-state index contributed by atoms with van der Waals surface area (Å²) in [6, 6.07) is 6.19. The third-order valence-electron chi connectivity index (χ3n) is 6.38. The molecule has 140 valence electrons. The Morgan fingerprint density at radius 3 is 2.81 bits per heavy atom.